The van der Waals surface area contributed by atoms with E-state index in [2.05, 4.69) is 16.7 Å². The molecule has 4 rings (SSSR count). The topological polar surface area (TPSA) is 77.8 Å². The first-order valence-corrected chi connectivity index (χ1v) is 8.39. The molecule has 0 atom stereocenters. The third-order valence-corrected chi connectivity index (χ3v) is 4.31. The molecular formula is C21H16N4O. The zero-order valence-corrected chi connectivity index (χ0v) is 14.0. The summed E-state index contributed by atoms with van der Waals surface area (Å²) in [6, 6.07) is 21.1. The van der Waals surface area contributed by atoms with Crippen LogP contribution < -0.4 is 10.6 Å². The van der Waals surface area contributed by atoms with Crippen LogP contribution in [0.1, 0.15) is 21.6 Å². The second kappa shape index (κ2) is 6.69. The maximum absolute atomic E-state index is 12.4. The summed E-state index contributed by atoms with van der Waals surface area (Å²) < 4.78 is 0. The Kier molecular flexibility index (Phi) is 4.08. The fourth-order valence-corrected chi connectivity index (χ4v) is 3.09. The number of rotatable bonds is 3. The van der Waals surface area contributed by atoms with Crippen molar-refractivity contribution in [3.8, 4) is 17.3 Å². The van der Waals surface area contributed by atoms with Crippen LogP contribution >= 0.6 is 0 Å². The molecule has 0 saturated heterocycles. The number of nitrogens with one attached hydrogen (secondary N) is 2. The number of pyridine rings is 1. The van der Waals surface area contributed by atoms with Crippen molar-refractivity contribution in [2.45, 2.75) is 6.42 Å². The van der Waals surface area contributed by atoms with Crippen LogP contribution in [0.15, 0.2) is 60.7 Å². The fraction of sp³-hybridized carbons (Fsp3) is 0.0952. The molecule has 126 valence electrons. The van der Waals surface area contributed by atoms with Crippen molar-refractivity contribution in [3.05, 3.63) is 77.5 Å². The molecule has 0 radical (unpaired) electrons. The Labute approximate surface area is 151 Å². The minimum absolute atomic E-state index is 0.128. The molecule has 1 amide bonds. The molecule has 1 aliphatic heterocycles. The summed E-state index contributed by atoms with van der Waals surface area (Å²) in [5.74, 6) is -0.128. The summed E-state index contributed by atoms with van der Waals surface area (Å²) in [6.07, 6.45) is 0.689. The van der Waals surface area contributed by atoms with Crippen molar-refractivity contribution in [2.75, 3.05) is 11.9 Å². The average Bonchev–Trinajstić information content (AvgIpc) is 2.68. The standard InChI is InChI=1S/C21H16N4O/c22-13-14-5-4-8-16(11-14)24-19-12-18(15-6-2-1-3-7-15)25-17-9-10-23-21(26)20(17)19/h1-8,11-12H,9-10H2,(H,23,26)(H,24,25). The van der Waals surface area contributed by atoms with E-state index in [9.17, 15) is 4.79 Å². The first kappa shape index (κ1) is 15.9. The third-order valence-electron chi connectivity index (χ3n) is 4.31. The minimum atomic E-state index is -0.128. The van der Waals surface area contributed by atoms with Crippen molar-refractivity contribution in [3.63, 3.8) is 0 Å². The highest BCUT2D eigenvalue weighted by Crippen LogP contribution is 2.30. The number of hydrogen-bond donors (Lipinski definition) is 2. The van der Waals surface area contributed by atoms with E-state index in [4.69, 9.17) is 10.2 Å². The van der Waals surface area contributed by atoms with Crippen molar-refractivity contribution in [2.24, 2.45) is 0 Å². The van der Waals surface area contributed by atoms with E-state index >= 15 is 0 Å². The molecule has 0 aliphatic carbocycles. The van der Waals surface area contributed by atoms with Crippen molar-refractivity contribution >= 4 is 17.3 Å². The van der Waals surface area contributed by atoms with Crippen molar-refractivity contribution < 1.29 is 4.79 Å². The van der Waals surface area contributed by atoms with Gasteiger partial charge in [0.15, 0.2) is 0 Å². The lowest BCUT2D eigenvalue weighted by Crippen LogP contribution is -2.33. The normalized spacial score (nSPS) is 12.7. The number of benzene rings is 2. The molecule has 5 heteroatoms. The number of aromatic nitrogens is 1. The molecule has 0 spiro atoms. The Morgan fingerprint density at radius 1 is 1.08 bits per heavy atom. The predicted octanol–water partition coefficient (Wildman–Crippen LogP) is 3.65. The molecule has 2 N–H and O–H groups in total. The van der Waals surface area contributed by atoms with E-state index in [1.54, 1.807) is 12.1 Å². The maximum atomic E-state index is 12.4. The SMILES string of the molecule is N#Cc1cccc(Nc2cc(-c3ccccc3)nc3c2C(=O)NCC3)c1. The summed E-state index contributed by atoms with van der Waals surface area (Å²) in [4.78, 5) is 17.1. The summed E-state index contributed by atoms with van der Waals surface area (Å²) >= 11 is 0. The fourth-order valence-electron chi connectivity index (χ4n) is 3.09. The van der Waals surface area contributed by atoms with E-state index in [0.29, 0.717) is 29.8 Å². The van der Waals surface area contributed by atoms with Gasteiger partial charge in [0.2, 0.25) is 0 Å². The Bertz CT molecular complexity index is 1020. The lowest BCUT2D eigenvalue weighted by Gasteiger charge is -2.21. The number of nitriles is 1. The van der Waals surface area contributed by atoms with Gasteiger partial charge in [0.1, 0.15) is 0 Å². The number of nitrogens with zero attached hydrogens (tertiary/aromatic N) is 2. The van der Waals surface area contributed by atoms with Crippen LogP contribution in [0.2, 0.25) is 0 Å². The first-order valence-electron chi connectivity index (χ1n) is 8.39. The van der Waals surface area contributed by atoms with Gasteiger partial charge in [0, 0.05) is 24.2 Å². The van der Waals surface area contributed by atoms with E-state index in [1.807, 2.05) is 48.5 Å². The monoisotopic (exact) mass is 340 g/mol. The zero-order chi connectivity index (χ0) is 17.9. The Balaban J connectivity index is 1.83. The van der Waals surface area contributed by atoms with E-state index in [-0.39, 0.29) is 5.91 Å². The predicted molar refractivity (Wildman–Crippen MR) is 100 cm³/mol. The summed E-state index contributed by atoms with van der Waals surface area (Å²) in [5.41, 5.74) is 5.18. The van der Waals surface area contributed by atoms with Crippen LogP contribution in [0.5, 0.6) is 0 Å². The third kappa shape index (κ3) is 3.01. The summed E-state index contributed by atoms with van der Waals surface area (Å²) in [6.45, 7) is 0.584. The zero-order valence-electron chi connectivity index (χ0n) is 14.0. The lowest BCUT2D eigenvalue weighted by atomic mass is 10.0. The molecular weight excluding hydrogens is 324 g/mol. The van der Waals surface area contributed by atoms with Gasteiger partial charge in [-0.2, -0.15) is 5.26 Å². The van der Waals surface area contributed by atoms with E-state index in [1.165, 1.54) is 0 Å². The minimum Gasteiger partial charge on any atom is -0.355 e. The largest absolute Gasteiger partial charge is 0.355 e. The molecule has 3 aromatic rings. The van der Waals surface area contributed by atoms with Gasteiger partial charge in [-0.3, -0.25) is 9.78 Å². The van der Waals surface area contributed by atoms with Gasteiger partial charge >= 0.3 is 0 Å². The number of fused-ring (bicyclic) bond motifs is 1. The Morgan fingerprint density at radius 2 is 1.92 bits per heavy atom. The van der Waals surface area contributed by atoms with E-state index < -0.39 is 0 Å². The van der Waals surface area contributed by atoms with Gasteiger partial charge < -0.3 is 10.6 Å². The quantitative estimate of drug-likeness (QED) is 0.763. The molecule has 2 heterocycles. The Hall–Kier alpha value is -3.65. The molecule has 1 aliphatic rings. The highest BCUT2D eigenvalue weighted by molar-refractivity contribution is 6.02. The van der Waals surface area contributed by atoms with Crippen LogP contribution in [0, 0.1) is 11.3 Å². The van der Waals surface area contributed by atoms with Gasteiger partial charge in [0.05, 0.1) is 34.3 Å². The second-order valence-electron chi connectivity index (χ2n) is 6.07. The highest BCUT2D eigenvalue weighted by atomic mass is 16.1. The number of carbonyl (C=O) groups excluding carboxylic acids is 1. The second-order valence-corrected chi connectivity index (χ2v) is 6.07. The molecule has 26 heavy (non-hydrogen) atoms. The summed E-state index contributed by atoms with van der Waals surface area (Å²) in [5, 5.41) is 15.3. The highest BCUT2D eigenvalue weighted by Gasteiger charge is 2.23. The molecule has 1 aromatic heterocycles. The molecule has 0 bridgehead atoms. The van der Waals surface area contributed by atoms with Crippen LogP contribution in [0.25, 0.3) is 11.3 Å². The van der Waals surface area contributed by atoms with Crippen LogP contribution in [-0.2, 0) is 6.42 Å². The smallest absolute Gasteiger partial charge is 0.255 e. The molecule has 0 fully saturated rings. The maximum Gasteiger partial charge on any atom is 0.255 e. The number of amides is 1. The molecule has 0 saturated carbocycles. The number of anilines is 2. The van der Waals surface area contributed by atoms with Crippen LogP contribution in [0.3, 0.4) is 0 Å². The van der Waals surface area contributed by atoms with Crippen LogP contribution in [0.4, 0.5) is 11.4 Å². The van der Waals surface area contributed by atoms with Gasteiger partial charge in [-0.15, -0.1) is 0 Å². The molecule has 2 aromatic carbocycles. The average molecular weight is 340 g/mol. The van der Waals surface area contributed by atoms with Gasteiger partial charge in [0.25, 0.3) is 5.91 Å². The van der Waals surface area contributed by atoms with Crippen molar-refractivity contribution in [1.29, 1.82) is 5.26 Å². The van der Waals surface area contributed by atoms with Crippen molar-refractivity contribution in [1.82, 2.24) is 10.3 Å². The van der Waals surface area contributed by atoms with Crippen LogP contribution in [-0.4, -0.2) is 17.4 Å². The van der Waals surface area contributed by atoms with Gasteiger partial charge in [-0.1, -0.05) is 36.4 Å². The number of hydrogen-bond acceptors (Lipinski definition) is 4. The lowest BCUT2D eigenvalue weighted by molar-refractivity contribution is 0.0946. The number of carbonyl (C=O) groups is 1. The van der Waals surface area contributed by atoms with Gasteiger partial charge in [-0.05, 0) is 24.3 Å². The summed E-state index contributed by atoms with van der Waals surface area (Å²) in [7, 11) is 0. The van der Waals surface area contributed by atoms with E-state index in [0.717, 1.165) is 22.6 Å². The Morgan fingerprint density at radius 3 is 2.73 bits per heavy atom. The first-order chi connectivity index (χ1) is 12.7. The molecule has 0 unspecified atom stereocenters. The van der Waals surface area contributed by atoms with Gasteiger partial charge in [-0.25, -0.2) is 0 Å². The molecule has 5 nitrogen and oxygen atoms in total.